The molecular formula is C30H38FN5O5. The minimum atomic E-state index is -0.962. The monoisotopic (exact) mass is 567 g/mol. The van der Waals surface area contributed by atoms with Crippen LogP contribution in [0, 0.1) is 24.6 Å². The fraction of sp³-hybridized carbons (Fsp3) is 0.433. The van der Waals surface area contributed by atoms with Crippen molar-refractivity contribution in [3.63, 3.8) is 0 Å². The number of carbonyl (C=O) groups excluding carboxylic acids is 4. The first-order valence-electron chi connectivity index (χ1n) is 13.7. The molecule has 1 aliphatic rings. The Morgan fingerprint density at radius 3 is 2.66 bits per heavy atom. The van der Waals surface area contributed by atoms with Crippen LogP contribution in [0.5, 0.6) is 0 Å². The molecular weight excluding hydrogens is 529 g/mol. The van der Waals surface area contributed by atoms with Crippen LogP contribution in [0.3, 0.4) is 0 Å². The molecule has 3 rings (SSSR count). The summed E-state index contributed by atoms with van der Waals surface area (Å²) in [6.07, 6.45) is 6.87. The van der Waals surface area contributed by atoms with Crippen LogP contribution in [-0.2, 0) is 14.4 Å². The molecule has 11 heteroatoms. The Balaban J connectivity index is 1.86. The number of aryl methyl sites for hydroxylation is 1. The first-order chi connectivity index (χ1) is 19.5. The zero-order valence-electron chi connectivity index (χ0n) is 23.9. The Morgan fingerprint density at radius 1 is 1.29 bits per heavy atom. The van der Waals surface area contributed by atoms with Gasteiger partial charge in [0.2, 0.25) is 17.7 Å². The van der Waals surface area contributed by atoms with Crippen molar-refractivity contribution in [3.8, 4) is 0 Å². The minimum absolute atomic E-state index is 0.0344. The van der Waals surface area contributed by atoms with Gasteiger partial charge >= 0.3 is 0 Å². The summed E-state index contributed by atoms with van der Waals surface area (Å²) in [5.41, 5.74) is 0.824. The number of nitrogens with zero attached hydrogens (tertiary/aromatic N) is 2. The largest absolute Gasteiger partial charge is 0.361 e. The average molecular weight is 568 g/mol. The maximum atomic E-state index is 14.5. The maximum Gasteiger partial charge on any atom is 0.274 e. The molecule has 0 unspecified atom stereocenters. The van der Waals surface area contributed by atoms with Gasteiger partial charge in [-0.15, -0.1) is 0 Å². The lowest BCUT2D eigenvalue weighted by molar-refractivity contribution is -0.127. The van der Waals surface area contributed by atoms with Crippen molar-refractivity contribution < 1.29 is 28.1 Å². The fourth-order valence-electron chi connectivity index (χ4n) is 4.82. The Bertz CT molecular complexity index is 1300. The van der Waals surface area contributed by atoms with Crippen molar-refractivity contribution >= 4 is 35.4 Å². The number of piperidine rings is 1. The molecule has 41 heavy (non-hydrogen) atoms. The van der Waals surface area contributed by atoms with Crippen LogP contribution in [0.1, 0.15) is 61.8 Å². The second kappa shape index (κ2) is 14.4. The number of aromatic nitrogens is 1. The highest BCUT2D eigenvalue weighted by Crippen LogP contribution is 2.30. The second-order valence-corrected chi connectivity index (χ2v) is 10.4. The lowest BCUT2D eigenvalue weighted by Gasteiger charge is -2.34. The van der Waals surface area contributed by atoms with Crippen LogP contribution >= 0.6 is 0 Å². The highest BCUT2D eigenvalue weighted by atomic mass is 19.1. The summed E-state index contributed by atoms with van der Waals surface area (Å²) in [5, 5.41) is 11.8. The second-order valence-electron chi connectivity index (χ2n) is 10.4. The van der Waals surface area contributed by atoms with E-state index in [9.17, 15) is 23.6 Å². The molecule has 4 amide bonds. The van der Waals surface area contributed by atoms with Gasteiger partial charge in [-0.25, -0.2) is 4.39 Å². The van der Waals surface area contributed by atoms with Gasteiger partial charge in [-0.2, -0.15) is 0 Å². The van der Waals surface area contributed by atoms with Crippen molar-refractivity contribution in [1.82, 2.24) is 21.1 Å². The smallest absolute Gasteiger partial charge is 0.274 e. The van der Waals surface area contributed by atoms with E-state index in [1.54, 1.807) is 39.8 Å². The van der Waals surface area contributed by atoms with Gasteiger partial charge in [-0.3, -0.25) is 19.2 Å². The molecule has 0 radical (unpaired) electrons. The Kier molecular flexibility index (Phi) is 11.0. The lowest BCUT2D eigenvalue weighted by Crippen LogP contribution is -2.53. The molecule has 3 atom stereocenters. The summed E-state index contributed by atoms with van der Waals surface area (Å²) in [7, 11) is 0. The molecule has 3 N–H and O–H groups in total. The first kappa shape index (κ1) is 31.3. The summed E-state index contributed by atoms with van der Waals surface area (Å²) >= 11 is 0. The Hall–Kier alpha value is -4.28. The van der Waals surface area contributed by atoms with Crippen LogP contribution in [-0.4, -0.2) is 54.0 Å². The van der Waals surface area contributed by atoms with E-state index in [0.29, 0.717) is 30.7 Å². The quantitative estimate of drug-likeness (QED) is 0.336. The summed E-state index contributed by atoms with van der Waals surface area (Å²) in [6, 6.07) is 3.93. The van der Waals surface area contributed by atoms with Crippen molar-refractivity contribution in [2.24, 2.45) is 11.8 Å². The summed E-state index contributed by atoms with van der Waals surface area (Å²) < 4.78 is 19.4. The standard InChI is InChI=1S/C30H38FN5O5/c1-6-9-23(15-21-10-8-13-32-28(21)38)36(25-16-22(31)12-11-20(25)7-2)26(37)17-33-30(40)27(18(3)4)34-29(39)24-14-19(5)41-35-24/h6-7,9,11-12,14,16,18,21,23,27H,2,8,10,13,15,17H2,1,3-5H3,(H,32,38)(H,33,40)(H,34,39)/b9-6+/t21-,23+,27-/m0/s1. The first-order valence-corrected chi connectivity index (χ1v) is 13.7. The third-order valence-electron chi connectivity index (χ3n) is 6.92. The van der Waals surface area contributed by atoms with Gasteiger partial charge in [0, 0.05) is 18.5 Å². The van der Waals surface area contributed by atoms with Gasteiger partial charge in [0.25, 0.3) is 5.91 Å². The molecule has 0 saturated carbocycles. The van der Waals surface area contributed by atoms with Crippen LogP contribution in [0.4, 0.5) is 10.1 Å². The van der Waals surface area contributed by atoms with Gasteiger partial charge in [0.15, 0.2) is 5.69 Å². The zero-order chi connectivity index (χ0) is 30.1. The topological polar surface area (TPSA) is 134 Å². The number of rotatable bonds is 12. The van der Waals surface area contributed by atoms with E-state index in [4.69, 9.17) is 4.52 Å². The predicted octanol–water partition coefficient (Wildman–Crippen LogP) is 3.53. The number of anilines is 1. The fourth-order valence-corrected chi connectivity index (χ4v) is 4.82. The molecule has 1 saturated heterocycles. The number of hydrogen-bond acceptors (Lipinski definition) is 6. The third kappa shape index (κ3) is 8.12. The highest BCUT2D eigenvalue weighted by molar-refractivity contribution is 6.01. The van der Waals surface area contributed by atoms with Gasteiger partial charge in [-0.1, -0.05) is 49.9 Å². The van der Waals surface area contributed by atoms with Crippen LogP contribution in [0.25, 0.3) is 6.08 Å². The van der Waals surface area contributed by atoms with E-state index in [2.05, 4.69) is 27.7 Å². The molecule has 2 aromatic rings. The van der Waals surface area contributed by atoms with Crippen LogP contribution < -0.4 is 20.9 Å². The molecule has 10 nitrogen and oxygen atoms in total. The molecule has 1 aromatic carbocycles. The van der Waals surface area contributed by atoms with Crippen molar-refractivity contribution in [3.05, 3.63) is 65.8 Å². The van der Waals surface area contributed by atoms with Crippen molar-refractivity contribution in [1.29, 1.82) is 0 Å². The number of halogens is 1. The normalized spacial score (nSPS) is 16.6. The number of nitrogens with one attached hydrogen (secondary N) is 3. The molecule has 0 aliphatic carbocycles. The van der Waals surface area contributed by atoms with Crippen molar-refractivity contribution in [2.75, 3.05) is 18.0 Å². The number of benzene rings is 1. The molecule has 0 spiro atoms. The Morgan fingerprint density at radius 2 is 2.05 bits per heavy atom. The molecule has 1 fully saturated rings. The van der Waals surface area contributed by atoms with E-state index in [1.165, 1.54) is 35.2 Å². The Labute approximate surface area is 239 Å². The van der Waals surface area contributed by atoms with Crippen LogP contribution in [0.15, 0.2) is 47.5 Å². The number of carbonyl (C=O) groups is 4. The number of hydrogen-bond donors (Lipinski definition) is 3. The van der Waals surface area contributed by atoms with E-state index < -0.39 is 42.2 Å². The molecule has 220 valence electrons. The summed E-state index contributed by atoms with van der Waals surface area (Å²) in [6.45, 7) is 10.9. The minimum Gasteiger partial charge on any atom is -0.361 e. The third-order valence-corrected chi connectivity index (χ3v) is 6.92. The van der Waals surface area contributed by atoms with E-state index in [0.717, 1.165) is 6.42 Å². The van der Waals surface area contributed by atoms with E-state index in [1.807, 2.05) is 0 Å². The van der Waals surface area contributed by atoms with Gasteiger partial charge in [0.1, 0.15) is 17.6 Å². The average Bonchev–Trinajstić information content (AvgIpc) is 3.38. The lowest BCUT2D eigenvalue weighted by atomic mass is 9.90. The van der Waals surface area contributed by atoms with Crippen molar-refractivity contribution in [2.45, 2.75) is 59.0 Å². The van der Waals surface area contributed by atoms with E-state index in [-0.39, 0.29) is 29.1 Å². The zero-order valence-corrected chi connectivity index (χ0v) is 23.9. The number of allylic oxidation sites excluding steroid dienone is 1. The summed E-state index contributed by atoms with van der Waals surface area (Å²) in [5.74, 6) is -2.51. The maximum absolute atomic E-state index is 14.5. The van der Waals surface area contributed by atoms with E-state index >= 15 is 0 Å². The van der Waals surface area contributed by atoms with Gasteiger partial charge in [0.05, 0.1) is 18.3 Å². The summed E-state index contributed by atoms with van der Waals surface area (Å²) in [4.78, 5) is 53.6. The number of amides is 4. The van der Waals surface area contributed by atoms with Gasteiger partial charge in [-0.05, 0) is 56.7 Å². The SMILES string of the molecule is C=Cc1ccc(F)cc1N(C(=O)CNC(=O)[C@@H](NC(=O)c1cc(C)on1)C(C)C)[C@H](/C=C/C)C[C@@H]1CCCNC1=O. The molecule has 1 aromatic heterocycles. The highest BCUT2D eigenvalue weighted by Gasteiger charge is 2.32. The van der Waals surface area contributed by atoms with Crippen LogP contribution in [0.2, 0.25) is 0 Å². The molecule has 1 aliphatic heterocycles. The van der Waals surface area contributed by atoms with Gasteiger partial charge < -0.3 is 25.4 Å². The molecule has 0 bridgehead atoms. The predicted molar refractivity (Wildman–Crippen MR) is 153 cm³/mol. The molecule has 2 heterocycles.